The van der Waals surface area contributed by atoms with Gasteiger partial charge in [-0.3, -0.25) is 14.9 Å². The summed E-state index contributed by atoms with van der Waals surface area (Å²) in [5, 5.41) is 10.2. The predicted molar refractivity (Wildman–Crippen MR) is 107 cm³/mol. The maximum atomic E-state index is 12.7. The summed E-state index contributed by atoms with van der Waals surface area (Å²) in [6.07, 6.45) is 4.31. The van der Waals surface area contributed by atoms with Crippen LogP contribution in [0.5, 0.6) is 0 Å². The zero-order valence-electron chi connectivity index (χ0n) is 15.9. The van der Waals surface area contributed by atoms with Crippen LogP contribution in [0.4, 0.5) is 0 Å². The summed E-state index contributed by atoms with van der Waals surface area (Å²) in [6, 6.07) is 13.5. The second kappa shape index (κ2) is 7.64. The summed E-state index contributed by atoms with van der Waals surface area (Å²) in [4.78, 5) is 21.4. The number of aromatic nitrogens is 5. The number of carbonyl (C=O) groups is 1. The minimum atomic E-state index is -0.215. The van der Waals surface area contributed by atoms with Gasteiger partial charge in [-0.15, -0.1) is 0 Å². The van der Waals surface area contributed by atoms with E-state index in [0.717, 1.165) is 34.4 Å². The van der Waals surface area contributed by atoms with Crippen LogP contribution in [-0.2, 0) is 6.54 Å². The van der Waals surface area contributed by atoms with Crippen LogP contribution in [0.1, 0.15) is 46.8 Å². The molecule has 142 valence electrons. The van der Waals surface area contributed by atoms with Crippen molar-refractivity contribution < 1.29 is 4.79 Å². The molecule has 0 spiro atoms. The number of aromatic amines is 1. The molecule has 0 saturated carbocycles. The fraction of sp³-hybridized carbons (Fsp3) is 0.238. The first-order valence-electron chi connectivity index (χ1n) is 9.31. The van der Waals surface area contributed by atoms with E-state index >= 15 is 0 Å². The normalized spacial score (nSPS) is 12.2. The lowest BCUT2D eigenvalue weighted by Gasteiger charge is -2.16. The summed E-state index contributed by atoms with van der Waals surface area (Å²) in [6.45, 7) is 4.60. The van der Waals surface area contributed by atoms with E-state index in [1.54, 1.807) is 18.6 Å². The van der Waals surface area contributed by atoms with Gasteiger partial charge in [-0.1, -0.05) is 19.1 Å². The maximum Gasteiger partial charge on any atom is 0.272 e. The van der Waals surface area contributed by atoms with E-state index in [1.165, 1.54) is 0 Å². The Balaban J connectivity index is 1.48. The molecule has 2 N–H and O–H groups in total. The third kappa shape index (κ3) is 3.64. The van der Waals surface area contributed by atoms with Gasteiger partial charge >= 0.3 is 0 Å². The van der Waals surface area contributed by atoms with Crippen LogP contribution in [0.2, 0.25) is 0 Å². The van der Waals surface area contributed by atoms with Gasteiger partial charge in [0.1, 0.15) is 5.69 Å². The third-order valence-electron chi connectivity index (χ3n) is 4.74. The Morgan fingerprint density at radius 1 is 1.21 bits per heavy atom. The Morgan fingerprint density at radius 3 is 2.89 bits per heavy atom. The van der Waals surface area contributed by atoms with Gasteiger partial charge in [0.25, 0.3) is 5.91 Å². The molecule has 1 aromatic carbocycles. The molecule has 3 heterocycles. The zero-order chi connectivity index (χ0) is 19.5. The van der Waals surface area contributed by atoms with Crippen molar-refractivity contribution in [2.45, 2.75) is 32.9 Å². The molecule has 1 atom stereocenters. The molecule has 4 rings (SSSR count). The fourth-order valence-corrected chi connectivity index (χ4v) is 3.25. The van der Waals surface area contributed by atoms with Crippen LogP contribution in [0.3, 0.4) is 0 Å². The summed E-state index contributed by atoms with van der Waals surface area (Å²) in [5.74, 6) is -0.215. The van der Waals surface area contributed by atoms with Crippen LogP contribution in [-0.4, -0.2) is 30.6 Å². The van der Waals surface area contributed by atoms with Crippen molar-refractivity contribution >= 4 is 16.9 Å². The van der Waals surface area contributed by atoms with E-state index < -0.39 is 0 Å². The van der Waals surface area contributed by atoms with Crippen LogP contribution in [0, 0.1) is 6.92 Å². The highest BCUT2D eigenvalue weighted by atomic mass is 16.2. The third-order valence-corrected chi connectivity index (χ3v) is 4.74. The molecule has 7 nitrogen and oxygen atoms in total. The van der Waals surface area contributed by atoms with Crippen LogP contribution in [0.25, 0.3) is 11.0 Å². The Morgan fingerprint density at radius 2 is 2.07 bits per heavy atom. The number of rotatable bonds is 6. The van der Waals surface area contributed by atoms with E-state index in [0.29, 0.717) is 12.2 Å². The first-order valence-corrected chi connectivity index (χ1v) is 9.31. The van der Waals surface area contributed by atoms with Gasteiger partial charge in [0.15, 0.2) is 0 Å². The van der Waals surface area contributed by atoms with E-state index in [-0.39, 0.29) is 11.9 Å². The van der Waals surface area contributed by atoms with Gasteiger partial charge in [-0.25, -0.2) is 4.98 Å². The van der Waals surface area contributed by atoms with Crippen molar-refractivity contribution in [1.82, 2.24) is 30.0 Å². The number of benzene rings is 1. The second-order valence-corrected chi connectivity index (χ2v) is 6.83. The molecule has 1 amide bonds. The SMILES string of the molecule is CC[C@H](NC(=O)c1cc(Cn2cnc3ccccc32)[nH]n1)c1cc(C)ccn1. The lowest BCUT2D eigenvalue weighted by atomic mass is 10.1. The largest absolute Gasteiger partial charge is 0.342 e. The fourth-order valence-electron chi connectivity index (χ4n) is 3.25. The van der Waals surface area contributed by atoms with Crippen LogP contribution in [0.15, 0.2) is 55.0 Å². The van der Waals surface area contributed by atoms with Crippen LogP contribution < -0.4 is 5.32 Å². The number of fused-ring (bicyclic) bond motifs is 1. The molecule has 0 aliphatic carbocycles. The first-order chi connectivity index (χ1) is 13.6. The summed E-state index contributed by atoms with van der Waals surface area (Å²) < 4.78 is 2.02. The molecule has 0 unspecified atom stereocenters. The number of pyridine rings is 1. The molecule has 28 heavy (non-hydrogen) atoms. The van der Waals surface area contributed by atoms with E-state index in [9.17, 15) is 4.79 Å². The summed E-state index contributed by atoms with van der Waals surface area (Å²) >= 11 is 0. The van der Waals surface area contributed by atoms with Crippen molar-refractivity contribution in [1.29, 1.82) is 0 Å². The number of nitrogens with zero attached hydrogens (tertiary/aromatic N) is 4. The highest BCUT2D eigenvalue weighted by Crippen LogP contribution is 2.17. The number of imidazole rings is 1. The number of aryl methyl sites for hydroxylation is 1. The Bertz CT molecular complexity index is 1110. The van der Waals surface area contributed by atoms with Gasteiger partial charge < -0.3 is 9.88 Å². The minimum absolute atomic E-state index is 0.148. The van der Waals surface area contributed by atoms with Gasteiger partial charge in [-0.05, 0) is 49.2 Å². The lowest BCUT2D eigenvalue weighted by molar-refractivity contribution is 0.0929. The lowest BCUT2D eigenvalue weighted by Crippen LogP contribution is -2.29. The molecule has 0 fully saturated rings. The summed E-state index contributed by atoms with van der Waals surface area (Å²) in [5.41, 5.74) is 5.17. The first kappa shape index (κ1) is 17.9. The van der Waals surface area contributed by atoms with Crippen LogP contribution >= 0.6 is 0 Å². The number of hydrogen-bond acceptors (Lipinski definition) is 4. The van der Waals surface area contributed by atoms with Crippen molar-refractivity contribution in [3.63, 3.8) is 0 Å². The smallest absolute Gasteiger partial charge is 0.272 e. The summed E-state index contributed by atoms with van der Waals surface area (Å²) in [7, 11) is 0. The Labute approximate surface area is 162 Å². The quantitative estimate of drug-likeness (QED) is 0.541. The maximum absolute atomic E-state index is 12.7. The molecule has 0 aliphatic heterocycles. The number of hydrogen-bond donors (Lipinski definition) is 2. The number of para-hydroxylation sites is 2. The van der Waals surface area contributed by atoms with Crippen molar-refractivity contribution in [3.8, 4) is 0 Å². The van der Waals surface area contributed by atoms with Crippen molar-refractivity contribution in [3.05, 3.63) is 77.6 Å². The molecule has 0 radical (unpaired) electrons. The topological polar surface area (TPSA) is 88.5 Å². The van der Waals surface area contributed by atoms with Gasteiger partial charge in [0, 0.05) is 6.20 Å². The van der Waals surface area contributed by atoms with E-state index in [1.807, 2.05) is 54.8 Å². The number of amides is 1. The van der Waals surface area contributed by atoms with Gasteiger partial charge in [0.2, 0.25) is 0 Å². The number of carbonyl (C=O) groups excluding carboxylic acids is 1. The Kier molecular flexibility index (Phi) is 4.89. The molecular formula is C21H22N6O. The Hall–Kier alpha value is -3.48. The second-order valence-electron chi connectivity index (χ2n) is 6.83. The molecule has 3 aromatic heterocycles. The van der Waals surface area contributed by atoms with E-state index in [2.05, 4.69) is 25.5 Å². The zero-order valence-corrected chi connectivity index (χ0v) is 15.9. The van der Waals surface area contributed by atoms with Crippen molar-refractivity contribution in [2.75, 3.05) is 0 Å². The average molecular weight is 374 g/mol. The standard InChI is InChI=1S/C21H22N6O/c1-3-16(18-10-14(2)8-9-22-18)24-21(28)19-11-15(25-26-19)12-27-13-23-17-6-4-5-7-20(17)27/h4-11,13,16H,3,12H2,1-2H3,(H,24,28)(H,25,26)/t16-/m0/s1. The van der Waals surface area contributed by atoms with Gasteiger partial charge in [0.05, 0.1) is 41.3 Å². The van der Waals surface area contributed by atoms with E-state index in [4.69, 9.17) is 0 Å². The monoisotopic (exact) mass is 374 g/mol. The van der Waals surface area contributed by atoms with Crippen molar-refractivity contribution in [2.24, 2.45) is 0 Å². The number of nitrogens with one attached hydrogen (secondary N) is 2. The molecule has 0 bridgehead atoms. The molecule has 4 aromatic rings. The molecule has 0 aliphatic rings. The van der Waals surface area contributed by atoms with Gasteiger partial charge in [-0.2, -0.15) is 5.10 Å². The highest BCUT2D eigenvalue weighted by Gasteiger charge is 2.18. The molecule has 7 heteroatoms. The molecular weight excluding hydrogens is 352 g/mol. The average Bonchev–Trinajstić information content (AvgIpc) is 3.34. The minimum Gasteiger partial charge on any atom is -0.342 e. The number of H-pyrrole nitrogens is 1. The predicted octanol–water partition coefficient (Wildman–Crippen LogP) is 3.39. The molecule has 0 saturated heterocycles. The highest BCUT2D eigenvalue weighted by molar-refractivity contribution is 5.92.